The Kier molecular flexibility index (Phi) is 7.47. The summed E-state index contributed by atoms with van der Waals surface area (Å²) in [5.41, 5.74) is 0.151. The van der Waals surface area contributed by atoms with Crippen molar-refractivity contribution in [1.82, 2.24) is 20.0 Å². The van der Waals surface area contributed by atoms with E-state index in [9.17, 15) is 19.0 Å². The Bertz CT molecular complexity index is 1200. The molecule has 0 amide bonds. The van der Waals surface area contributed by atoms with Crippen LogP contribution in [-0.2, 0) is 9.47 Å². The first-order valence-electron chi connectivity index (χ1n) is 9.98. The van der Waals surface area contributed by atoms with Gasteiger partial charge in [-0.15, -0.1) is 11.5 Å². The highest BCUT2D eigenvalue weighted by molar-refractivity contribution is 7.99. The summed E-state index contributed by atoms with van der Waals surface area (Å²) in [6.45, 7) is -0.469. The first-order chi connectivity index (χ1) is 16.4. The van der Waals surface area contributed by atoms with Gasteiger partial charge in [0.2, 0.25) is 0 Å². The van der Waals surface area contributed by atoms with Gasteiger partial charge in [0.05, 0.1) is 12.8 Å². The van der Waals surface area contributed by atoms with Gasteiger partial charge >= 0.3 is 0 Å². The molecule has 3 heterocycles. The van der Waals surface area contributed by atoms with Crippen LogP contribution in [0.1, 0.15) is 11.6 Å². The van der Waals surface area contributed by atoms with E-state index >= 15 is 0 Å². The van der Waals surface area contributed by atoms with Gasteiger partial charge in [0.15, 0.2) is 0 Å². The molecular weight excluding hydrogens is 490 g/mol. The Hall–Kier alpha value is -2.59. The van der Waals surface area contributed by atoms with Crippen molar-refractivity contribution in [2.75, 3.05) is 13.7 Å². The van der Waals surface area contributed by atoms with Crippen molar-refractivity contribution in [3.05, 3.63) is 59.0 Å². The highest BCUT2D eigenvalue weighted by Crippen LogP contribution is 2.39. The molecular formula is C22H19ClF2N4O4S. The molecule has 34 heavy (non-hydrogen) atoms. The van der Waals surface area contributed by atoms with Crippen LogP contribution >= 0.6 is 23.4 Å². The molecule has 1 fully saturated rings. The van der Waals surface area contributed by atoms with E-state index in [0.717, 1.165) is 12.1 Å². The zero-order valence-electron chi connectivity index (χ0n) is 17.7. The monoisotopic (exact) mass is 508 g/mol. The van der Waals surface area contributed by atoms with Crippen LogP contribution in [0, 0.1) is 24.0 Å². The van der Waals surface area contributed by atoms with E-state index in [1.807, 2.05) is 0 Å². The average molecular weight is 509 g/mol. The van der Waals surface area contributed by atoms with Crippen molar-refractivity contribution < 1.29 is 28.5 Å². The van der Waals surface area contributed by atoms with Crippen LogP contribution in [-0.4, -0.2) is 67.7 Å². The lowest BCUT2D eigenvalue weighted by molar-refractivity contribution is -0.186. The van der Waals surface area contributed by atoms with Gasteiger partial charge in [0.25, 0.3) is 0 Å². The van der Waals surface area contributed by atoms with Gasteiger partial charge in [-0.05, 0) is 18.2 Å². The van der Waals surface area contributed by atoms with E-state index in [-0.39, 0.29) is 11.3 Å². The normalized spacial score (nSPS) is 24.7. The molecule has 0 aliphatic carbocycles. The molecule has 0 spiro atoms. The number of halogens is 3. The van der Waals surface area contributed by atoms with Gasteiger partial charge < -0.3 is 19.7 Å². The molecule has 5 atom stereocenters. The van der Waals surface area contributed by atoms with E-state index in [1.54, 1.807) is 18.5 Å². The number of rotatable bonds is 6. The van der Waals surface area contributed by atoms with Crippen LogP contribution in [0.3, 0.4) is 0 Å². The number of terminal acetylenes is 1. The summed E-state index contributed by atoms with van der Waals surface area (Å²) in [5.74, 6) is 0.633. The number of hydrogen-bond donors (Lipinski definition) is 2. The van der Waals surface area contributed by atoms with E-state index in [2.05, 4.69) is 21.2 Å². The first kappa shape index (κ1) is 24.5. The Balaban J connectivity index is 1.67. The maximum Gasteiger partial charge on any atom is 0.145 e. The van der Waals surface area contributed by atoms with Crippen molar-refractivity contribution in [2.45, 2.75) is 34.7 Å². The van der Waals surface area contributed by atoms with Crippen molar-refractivity contribution in [1.29, 1.82) is 0 Å². The van der Waals surface area contributed by atoms with Gasteiger partial charge in [0.1, 0.15) is 52.1 Å². The molecule has 1 aliphatic heterocycles. The number of pyridine rings is 1. The number of benzene rings is 1. The fourth-order valence-electron chi connectivity index (χ4n) is 3.66. The average Bonchev–Trinajstić information content (AvgIpc) is 3.32. The van der Waals surface area contributed by atoms with Gasteiger partial charge in [0, 0.05) is 35.5 Å². The van der Waals surface area contributed by atoms with Gasteiger partial charge in [-0.1, -0.05) is 34.5 Å². The molecule has 4 rings (SSSR count). The predicted octanol–water partition coefficient (Wildman–Crippen LogP) is 2.68. The second-order valence-corrected chi connectivity index (χ2v) is 8.97. The molecule has 178 valence electrons. The molecule has 8 nitrogen and oxygen atoms in total. The third-order valence-corrected chi connectivity index (χ3v) is 6.79. The quantitative estimate of drug-likeness (QED) is 0.387. The molecule has 3 aromatic rings. The fraction of sp³-hybridized carbons (Fsp3) is 0.318. The summed E-state index contributed by atoms with van der Waals surface area (Å²) in [6, 6.07) is 2.97. The van der Waals surface area contributed by atoms with Gasteiger partial charge in [-0.2, -0.15) is 0 Å². The molecule has 1 saturated heterocycles. The standard InChI is InChI=1S/C22H19ClF2N4O4S/c1-3-11-4-13(8-26-7-11)34-22-21(32-2)19(20(31)17(10-30)33-22)29-9-16(27-28-29)12-5-14(24)18(23)15(25)6-12/h1,4-9,17,19-22,30-31H,10H2,2H3/t17?,19?,20-,21?,22+/m0/s1. The summed E-state index contributed by atoms with van der Waals surface area (Å²) in [6.07, 6.45) is 7.07. The van der Waals surface area contributed by atoms with E-state index in [1.165, 1.54) is 29.8 Å². The van der Waals surface area contributed by atoms with Crippen LogP contribution in [0.15, 0.2) is 41.7 Å². The zero-order valence-corrected chi connectivity index (χ0v) is 19.2. The maximum absolute atomic E-state index is 13.9. The molecule has 1 aromatic carbocycles. The lowest BCUT2D eigenvalue weighted by Crippen LogP contribution is -2.55. The minimum Gasteiger partial charge on any atom is -0.394 e. The molecule has 0 bridgehead atoms. The Morgan fingerprint density at radius 1 is 1.29 bits per heavy atom. The van der Waals surface area contributed by atoms with Crippen molar-refractivity contribution in [3.8, 4) is 23.6 Å². The minimum atomic E-state index is -1.23. The van der Waals surface area contributed by atoms with E-state index < -0.39 is 53.1 Å². The topological polar surface area (TPSA) is 103 Å². The van der Waals surface area contributed by atoms with Crippen LogP contribution in [0.5, 0.6) is 0 Å². The number of thioether (sulfide) groups is 1. The summed E-state index contributed by atoms with van der Waals surface area (Å²) in [7, 11) is 1.44. The van der Waals surface area contributed by atoms with Crippen LogP contribution < -0.4 is 0 Å². The number of aromatic nitrogens is 4. The molecule has 12 heteroatoms. The Labute approximate surface area is 202 Å². The summed E-state index contributed by atoms with van der Waals surface area (Å²) < 4.78 is 40.7. The Morgan fingerprint density at radius 2 is 2.03 bits per heavy atom. The number of aliphatic hydroxyl groups is 2. The summed E-state index contributed by atoms with van der Waals surface area (Å²) >= 11 is 6.81. The predicted molar refractivity (Wildman–Crippen MR) is 120 cm³/mol. The van der Waals surface area contributed by atoms with Crippen LogP contribution in [0.25, 0.3) is 11.3 Å². The first-order valence-corrected chi connectivity index (χ1v) is 11.2. The molecule has 0 radical (unpaired) electrons. The largest absolute Gasteiger partial charge is 0.394 e. The number of ether oxygens (including phenoxy) is 2. The highest BCUT2D eigenvalue weighted by Gasteiger charge is 2.47. The number of hydrogen-bond acceptors (Lipinski definition) is 8. The second kappa shape index (κ2) is 10.4. The van der Waals surface area contributed by atoms with Crippen LogP contribution in [0.4, 0.5) is 8.78 Å². The van der Waals surface area contributed by atoms with Gasteiger partial charge in [-0.25, -0.2) is 13.5 Å². The molecule has 2 N–H and O–H groups in total. The van der Waals surface area contributed by atoms with Gasteiger partial charge in [-0.3, -0.25) is 4.98 Å². The molecule has 0 saturated carbocycles. The second-order valence-electron chi connectivity index (χ2n) is 7.42. The molecule has 3 unspecified atom stereocenters. The number of nitrogens with zero attached hydrogens (tertiary/aromatic N) is 4. The number of aliphatic hydroxyl groups excluding tert-OH is 2. The number of methoxy groups -OCH3 is 1. The lowest BCUT2D eigenvalue weighted by Gasteiger charge is -2.43. The van der Waals surface area contributed by atoms with E-state index in [0.29, 0.717) is 10.5 Å². The summed E-state index contributed by atoms with van der Waals surface area (Å²) in [5, 5.41) is 28.1. The SMILES string of the molecule is C#Cc1cncc(S[C@H]2OC(CO)[C@H](O)C(n3cc(-c4cc(F)c(Cl)c(F)c4)nn3)C2OC)c1. The molecule has 2 aromatic heterocycles. The smallest absolute Gasteiger partial charge is 0.145 e. The molecule has 1 aliphatic rings. The van der Waals surface area contributed by atoms with E-state index in [4.69, 9.17) is 27.5 Å². The third kappa shape index (κ3) is 4.79. The Morgan fingerprint density at radius 3 is 2.68 bits per heavy atom. The highest BCUT2D eigenvalue weighted by atomic mass is 35.5. The third-order valence-electron chi connectivity index (χ3n) is 5.32. The van der Waals surface area contributed by atoms with Crippen LogP contribution in [0.2, 0.25) is 5.02 Å². The van der Waals surface area contributed by atoms with Crippen molar-refractivity contribution in [2.24, 2.45) is 0 Å². The summed E-state index contributed by atoms with van der Waals surface area (Å²) in [4.78, 5) is 4.80. The lowest BCUT2D eigenvalue weighted by atomic mass is 9.97. The van der Waals surface area contributed by atoms with Crippen molar-refractivity contribution in [3.63, 3.8) is 0 Å². The fourth-order valence-corrected chi connectivity index (χ4v) is 4.96. The van der Waals surface area contributed by atoms with Crippen molar-refractivity contribution >= 4 is 23.4 Å². The zero-order chi connectivity index (χ0) is 24.4. The maximum atomic E-state index is 13.9. The minimum absolute atomic E-state index is 0.114.